The first-order chi connectivity index (χ1) is 9.53. The van der Waals surface area contributed by atoms with E-state index in [1.807, 2.05) is 0 Å². The molecule has 20 heavy (non-hydrogen) atoms. The van der Waals surface area contributed by atoms with Gasteiger partial charge in [0.15, 0.2) is 9.84 Å². The van der Waals surface area contributed by atoms with Gasteiger partial charge in [-0.25, -0.2) is 8.42 Å². The van der Waals surface area contributed by atoms with Crippen molar-refractivity contribution in [2.75, 3.05) is 11.5 Å². The topological polar surface area (TPSA) is 77.2 Å². The van der Waals surface area contributed by atoms with Gasteiger partial charge in [-0.2, -0.15) is 0 Å². The number of hydrogen-bond acceptors (Lipinski definition) is 4. The molecule has 1 aliphatic rings. The molecule has 1 aromatic carbocycles. The van der Waals surface area contributed by atoms with E-state index in [4.69, 9.17) is 5.73 Å². The smallest absolute Gasteiger partial charge is 0.179 e. The molecule has 0 heterocycles. The molecule has 1 unspecified atom stereocenters. The van der Waals surface area contributed by atoms with Crippen molar-refractivity contribution in [1.29, 1.82) is 0 Å². The summed E-state index contributed by atoms with van der Waals surface area (Å²) in [6.45, 7) is 0.395. The van der Waals surface area contributed by atoms with Gasteiger partial charge in [0.05, 0.1) is 10.6 Å². The predicted octanol–water partition coefficient (Wildman–Crippen LogP) is 1.61. The molecule has 0 spiro atoms. The zero-order chi connectivity index (χ0) is 14.6. The maximum absolute atomic E-state index is 12.2. The van der Waals surface area contributed by atoms with Crippen LogP contribution in [0, 0.1) is 0 Å². The first-order valence-corrected chi connectivity index (χ1v) is 9.95. The highest BCUT2D eigenvalue weighted by atomic mass is 32.2. The molecule has 0 amide bonds. The van der Waals surface area contributed by atoms with Crippen LogP contribution < -0.4 is 5.73 Å². The first-order valence-electron chi connectivity index (χ1n) is 6.92. The average Bonchev–Trinajstić information content (AvgIpc) is 2.99. The highest BCUT2D eigenvalue weighted by molar-refractivity contribution is 7.93. The van der Waals surface area contributed by atoms with Gasteiger partial charge in [-0.1, -0.05) is 25.0 Å². The summed E-state index contributed by atoms with van der Waals surface area (Å²) in [6.07, 6.45) is 4.17. The maximum Gasteiger partial charge on any atom is 0.179 e. The van der Waals surface area contributed by atoms with Gasteiger partial charge >= 0.3 is 0 Å². The van der Waals surface area contributed by atoms with E-state index in [0.29, 0.717) is 6.54 Å². The van der Waals surface area contributed by atoms with Crippen LogP contribution in [-0.2, 0) is 27.2 Å². The Morgan fingerprint density at radius 1 is 1.15 bits per heavy atom. The average molecular weight is 315 g/mol. The lowest BCUT2D eigenvalue weighted by Crippen LogP contribution is -2.20. The molecule has 0 aliphatic heterocycles. The van der Waals surface area contributed by atoms with Crippen molar-refractivity contribution in [2.45, 2.75) is 42.4 Å². The largest absolute Gasteiger partial charge is 0.326 e. The van der Waals surface area contributed by atoms with Crippen LogP contribution >= 0.6 is 0 Å². The summed E-state index contributed by atoms with van der Waals surface area (Å²) in [6, 6.07) is 6.60. The van der Waals surface area contributed by atoms with E-state index < -0.39 is 20.6 Å². The summed E-state index contributed by atoms with van der Waals surface area (Å²) in [5.74, 6) is 0.198. The fourth-order valence-electron chi connectivity index (χ4n) is 2.46. The lowest BCUT2D eigenvalue weighted by molar-refractivity contribution is 0.596. The van der Waals surface area contributed by atoms with Crippen LogP contribution in [0.25, 0.3) is 0 Å². The van der Waals surface area contributed by atoms with Crippen molar-refractivity contribution in [3.05, 3.63) is 29.8 Å². The summed E-state index contributed by atoms with van der Waals surface area (Å²) >= 11 is 0. The summed E-state index contributed by atoms with van der Waals surface area (Å²) in [7, 11) is -4.36. The van der Waals surface area contributed by atoms with E-state index in [2.05, 4.69) is 0 Å². The van der Waals surface area contributed by atoms with Gasteiger partial charge < -0.3 is 5.73 Å². The van der Waals surface area contributed by atoms with Gasteiger partial charge in [0.25, 0.3) is 0 Å². The second-order valence-corrected chi connectivity index (χ2v) is 9.10. The molecule has 2 N–H and O–H groups in total. The molecule has 1 saturated carbocycles. The van der Waals surface area contributed by atoms with Crippen LogP contribution in [-0.4, -0.2) is 29.4 Å². The van der Waals surface area contributed by atoms with Crippen LogP contribution in [0.15, 0.2) is 29.2 Å². The molecule has 0 radical (unpaired) electrons. The Morgan fingerprint density at radius 2 is 1.75 bits per heavy atom. The molecule has 0 aromatic heterocycles. The predicted molar refractivity (Wildman–Crippen MR) is 81.7 cm³/mol. The molecule has 6 heteroatoms. The molecule has 112 valence electrons. The lowest BCUT2D eigenvalue weighted by Gasteiger charge is -2.09. The minimum absolute atomic E-state index is 0.0436. The Balaban J connectivity index is 1.97. The molecule has 0 bridgehead atoms. The standard InChI is InChI=1S/C14H21NO3S2/c15-11-12-5-7-14(8-6-12)20(17,18)10-9-19(16)13-3-1-2-4-13/h5-8,13H,1-4,9-11,15H2. The number of rotatable bonds is 6. The Morgan fingerprint density at radius 3 is 2.30 bits per heavy atom. The number of nitrogens with two attached hydrogens (primary N) is 1. The second-order valence-electron chi connectivity index (χ2n) is 5.16. The van der Waals surface area contributed by atoms with Crippen LogP contribution in [0.5, 0.6) is 0 Å². The third-order valence-electron chi connectivity index (χ3n) is 3.75. The lowest BCUT2D eigenvalue weighted by atomic mass is 10.2. The third kappa shape index (κ3) is 3.90. The van der Waals surface area contributed by atoms with Gasteiger partial charge in [-0.3, -0.25) is 4.21 Å². The van der Waals surface area contributed by atoms with Crippen LogP contribution in [0.3, 0.4) is 0 Å². The normalized spacial score (nSPS) is 18.2. The first kappa shape index (κ1) is 15.7. The molecule has 1 aliphatic carbocycles. The SMILES string of the molecule is NCc1ccc(S(=O)(=O)CCS(=O)C2CCCC2)cc1. The summed E-state index contributed by atoms with van der Waals surface area (Å²) in [4.78, 5) is 0.290. The van der Waals surface area contributed by atoms with Crippen molar-refractivity contribution in [1.82, 2.24) is 0 Å². The summed E-state index contributed by atoms with van der Waals surface area (Å²) < 4.78 is 36.4. The van der Waals surface area contributed by atoms with Gasteiger partial charge in [-0.15, -0.1) is 0 Å². The fraction of sp³-hybridized carbons (Fsp3) is 0.571. The van der Waals surface area contributed by atoms with Crippen molar-refractivity contribution in [3.63, 3.8) is 0 Å². The Bertz CT molecular complexity index is 561. The summed E-state index contributed by atoms with van der Waals surface area (Å²) in [5.41, 5.74) is 6.39. The van der Waals surface area contributed by atoms with Crippen molar-refractivity contribution >= 4 is 20.6 Å². The van der Waals surface area contributed by atoms with Crippen molar-refractivity contribution < 1.29 is 12.6 Å². The van der Waals surface area contributed by atoms with Crippen LogP contribution in [0.2, 0.25) is 0 Å². The van der Waals surface area contributed by atoms with E-state index in [0.717, 1.165) is 31.2 Å². The zero-order valence-electron chi connectivity index (χ0n) is 11.5. The Kier molecular flexibility index (Phi) is 5.35. The minimum atomic E-state index is -3.34. The van der Waals surface area contributed by atoms with Gasteiger partial charge in [0, 0.05) is 28.3 Å². The fourth-order valence-corrected chi connectivity index (χ4v) is 5.97. The van der Waals surface area contributed by atoms with Crippen LogP contribution in [0.4, 0.5) is 0 Å². The van der Waals surface area contributed by atoms with E-state index >= 15 is 0 Å². The van der Waals surface area contributed by atoms with Crippen molar-refractivity contribution in [2.24, 2.45) is 5.73 Å². The molecule has 4 nitrogen and oxygen atoms in total. The third-order valence-corrected chi connectivity index (χ3v) is 7.56. The number of benzene rings is 1. The number of sulfone groups is 1. The summed E-state index contributed by atoms with van der Waals surface area (Å²) in [5, 5.41) is 0.199. The Hall–Kier alpha value is -0.720. The quantitative estimate of drug-likeness (QED) is 0.865. The van der Waals surface area contributed by atoms with Gasteiger partial charge in [0.2, 0.25) is 0 Å². The monoisotopic (exact) mass is 315 g/mol. The van der Waals surface area contributed by atoms with E-state index in [1.165, 1.54) is 0 Å². The van der Waals surface area contributed by atoms with Crippen molar-refractivity contribution in [3.8, 4) is 0 Å². The molecule has 1 atom stereocenters. The van der Waals surface area contributed by atoms with Gasteiger partial charge in [-0.05, 0) is 30.5 Å². The molecular weight excluding hydrogens is 294 g/mol. The van der Waals surface area contributed by atoms with E-state index in [-0.39, 0.29) is 21.7 Å². The molecule has 2 rings (SSSR count). The molecule has 0 saturated heterocycles. The molecule has 1 fully saturated rings. The number of hydrogen-bond donors (Lipinski definition) is 1. The van der Waals surface area contributed by atoms with E-state index in [9.17, 15) is 12.6 Å². The van der Waals surface area contributed by atoms with E-state index in [1.54, 1.807) is 24.3 Å². The maximum atomic E-state index is 12.2. The molecular formula is C14H21NO3S2. The van der Waals surface area contributed by atoms with Crippen LogP contribution in [0.1, 0.15) is 31.2 Å². The Labute approximate surface area is 123 Å². The minimum Gasteiger partial charge on any atom is -0.326 e. The van der Waals surface area contributed by atoms with Gasteiger partial charge in [0.1, 0.15) is 0 Å². The molecule has 1 aromatic rings. The second kappa shape index (κ2) is 6.83. The highest BCUT2D eigenvalue weighted by Crippen LogP contribution is 2.23. The zero-order valence-corrected chi connectivity index (χ0v) is 13.1. The highest BCUT2D eigenvalue weighted by Gasteiger charge is 2.23.